The first-order valence-electron chi connectivity index (χ1n) is 11.9. The van der Waals surface area contributed by atoms with Crippen molar-refractivity contribution in [3.63, 3.8) is 0 Å². The first-order valence-corrected chi connectivity index (χ1v) is 12.3. The second-order valence-corrected chi connectivity index (χ2v) is 9.04. The van der Waals surface area contributed by atoms with Gasteiger partial charge in [0.1, 0.15) is 11.3 Å². The standard InChI is InChI=1S/C31H23ClN2O4/c1-38-28-19-21(16-17-23(28)20-22-10-8-9-15-27(22)32)18-26-29(35)33(24-11-4-2-5-12-24)31(37)34(30(26)36)25-13-6-3-7-14-25/h2-19H,20H2,1H3. The van der Waals surface area contributed by atoms with Crippen LogP contribution < -0.4 is 14.5 Å². The van der Waals surface area contributed by atoms with Gasteiger partial charge >= 0.3 is 6.03 Å². The molecule has 6 nitrogen and oxygen atoms in total. The van der Waals surface area contributed by atoms with Gasteiger partial charge in [-0.1, -0.05) is 78.3 Å². The Morgan fingerprint density at radius 3 is 1.82 bits per heavy atom. The topological polar surface area (TPSA) is 66.9 Å². The molecule has 188 valence electrons. The van der Waals surface area contributed by atoms with E-state index in [-0.39, 0.29) is 5.57 Å². The van der Waals surface area contributed by atoms with Gasteiger partial charge in [0.2, 0.25) is 0 Å². The van der Waals surface area contributed by atoms with E-state index >= 15 is 0 Å². The molecule has 0 atom stereocenters. The summed E-state index contributed by atoms with van der Waals surface area (Å²) >= 11 is 6.34. The number of imide groups is 2. The number of urea groups is 1. The van der Waals surface area contributed by atoms with Gasteiger partial charge in [0.05, 0.1) is 18.5 Å². The number of barbiturate groups is 1. The average Bonchev–Trinajstić information content (AvgIpc) is 2.94. The van der Waals surface area contributed by atoms with Crippen LogP contribution in [0.25, 0.3) is 6.08 Å². The lowest BCUT2D eigenvalue weighted by molar-refractivity contribution is -0.121. The molecule has 1 fully saturated rings. The normalized spacial score (nSPS) is 13.6. The van der Waals surface area contributed by atoms with Crippen molar-refractivity contribution >= 4 is 46.9 Å². The zero-order chi connectivity index (χ0) is 26.6. The maximum Gasteiger partial charge on any atom is 0.343 e. The highest BCUT2D eigenvalue weighted by Gasteiger charge is 2.43. The second-order valence-electron chi connectivity index (χ2n) is 8.63. The van der Waals surface area contributed by atoms with Crippen molar-refractivity contribution in [3.8, 4) is 5.75 Å². The van der Waals surface area contributed by atoms with E-state index in [0.29, 0.717) is 34.1 Å². The Labute approximate surface area is 225 Å². The quantitative estimate of drug-likeness (QED) is 0.213. The Bertz CT molecular complexity index is 1490. The highest BCUT2D eigenvalue weighted by Crippen LogP contribution is 2.31. The van der Waals surface area contributed by atoms with Crippen LogP contribution in [0.4, 0.5) is 16.2 Å². The van der Waals surface area contributed by atoms with Crippen LogP contribution in [0.3, 0.4) is 0 Å². The summed E-state index contributed by atoms with van der Waals surface area (Å²) in [4.78, 5) is 42.6. The van der Waals surface area contributed by atoms with Crippen LogP contribution >= 0.6 is 11.6 Å². The molecule has 5 rings (SSSR count). The first kappa shape index (κ1) is 25.0. The van der Waals surface area contributed by atoms with Crippen LogP contribution in [0.15, 0.2) is 109 Å². The van der Waals surface area contributed by atoms with Gasteiger partial charge in [0, 0.05) is 11.4 Å². The highest BCUT2D eigenvalue weighted by molar-refractivity contribution is 6.46. The molecule has 0 saturated carbocycles. The lowest BCUT2D eigenvalue weighted by Crippen LogP contribution is -2.57. The lowest BCUT2D eigenvalue weighted by atomic mass is 10.00. The minimum absolute atomic E-state index is 0.141. The van der Waals surface area contributed by atoms with E-state index in [1.165, 1.54) is 6.08 Å². The van der Waals surface area contributed by atoms with Gasteiger partial charge in [-0.25, -0.2) is 14.6 Å². The van der Waals surface area contributed by atoms with E-state index in [9.17, 15) is 14.4 Å². The monoisotopic (exact) mass is 522 g/mol. The Balaban J connectivity index is 1.56. The number of nitrogens with zero attached hydrogens (tertiary/aromatic N) is 2. The van der Waals surface area contributed by atoms with Crippen LogP contribution in [0.1, 0.15) is 16.7 Å². The number of methoxy groups -OCH3 is 1. The van der Waals surface area contributed by atoms with Gasteiger partial charge in [0.25, 0.3) is 11.8 Å². The number of hydrogen-bond donors (Lipinski definition) is 0. The van der Waals surface area contributed by atoms with E-state index in [0.717, 1.165) is 20.9 Å². The van der Waals surface area contributed by atoms with Crippen LogP contribution in [-0.2, 0) is 16.0 Å². The molecule has 0 aromatic heterocycles. The molecule has 4 aromatic carbocycles. The molecule has 4 aromatic rings. The number of ether oxygens (including phenoxy) is 1. The molecule has 0 unspecified atom stereocenters. The average molecular weight is 523 g/mol. The number of anilines is 2. The molecule has 38 heavy (non-hydrogen) atoms. The summed E-state index contributed by atoms with van der Waals surface area (Å²) < 4.78 is 5.62. The fourth-order valence-corrected chi connectivity index (χ4v) is 4.55. The fourth-order valence-electron chi connectivity index (χ4n) is 4.35. The number of amides is 4. The molecule has 7 heteroatoms. The maximum atomic E-state index is 13.6. The van der Waals surface area contributed by atoms with E-state index < -0.39 is 17.8 Å². The number of rotatable bonds is 6. The predicted molar refractivity (Wildman–Crippen MR) is 148 cm³/mol. The van der Waals surface area contributed by atoms with E-state index in [4.69, 9.17) is 16.3 Å². The van der Waals surface area contributed by atoms with Crippen LogP contribution in [0.2, 0.25) is 5.02 Å². The Kier molecular flexibility index (Phi) is 7.07. The van der Waals surface area contributed by atoms with E-state index in [1.54, 1.807) is 79.9 Å². The van der Waals surface area contributed by atoms with Crippen molar-refractivity contribution in [2.24, 2.45) is 0 Å². The van der Waals surface area contributed by atoms with Crippen LogP contribution in [0, 0.1) is 0 Å². The number of para-hydroxylation sites is 2. The minimum atomic E-state index is -0.734. The minimum Gasteiger partial charge on any atom is -0.496 e. The summed E-state index contributed by atoms with van der Waals surface area (Å²) in [5, 5.41) is 0.658. The Hall–Kier alpha value is -4.68. The molecule has 1 heterocycles. The summed E-state index contributed by atoms with van der Waals surface area (Å²) in [6.45, 7) is 0. The van der Waals surface area contributed by atoms with Gasteiger partial charge in [-0.05, 0) is 59.2 Å². The lowest BCUT2D eigenvalue weighted by Gasteiger charge is -2.33. The molecule has 0 spiro atoms. The van der Waals surface area contributed by atoms with Crippen molar-refractivity contribution in [1.82, 2.24) is 0 Å². The van der Waals surface area contributed by atoms with Crippen LogP contribution in [-0.4, -0.2) is 25.0 Å². The first-order chi connectivity index (χ1) is 18.5. The molecule has 1 saturated heterocycles. The molecule has 1 aliphatic rings. The molecule has 0 radical (unpaired) electrons. The van der Waals surface area contributed by atoms with Crippen molar-refractivity contribution in [2.45, 2.75) is 6.42 Å². The third-order valence-electron chi connectivity index (χ3n) is 6.24. The van der Waals surface area contributed by atoms with Gasteiger partial charge in [-0.15, -0.1) is 0 Å². The number of carbonyl (C=O) groups excluding carboxylic acids is 3. The smallest absolute Gasteiger partial charge is 0.343 e. The Morgan fingerprint density at radius 1 is 0.711 bits per heavy atom. The predicted octanol–water partition coefficient (Wildman–Crippen LogP) is 6.52. The van der Waals surface area contributed by atoms with Crippen molar-refractivity contribution in [2.75, 3.05) is 16.9 Å². The van der Waals surface area contributed by atoms with Crippen LogP contribution in [0.5, 0.6) is 5.75 Å². The maximum absolute atomic E-state index is 13.6. The van der Waals surface area contributed by atoms with Gasteiger partial charge in [-0.3, -0.25) is 9.59 Å². The molecular weight excluding hydrogens is 500 g/mol. The summed E-state index contributed by atoms with van der Waals surface area (Å²) in [6, 6.07) is 29.4. The molecule has 0 bridgehead atoms. The number of halogens is 1. The molecular formula is C31H23ClN2O4. The molecule has 0 aliphatic carbocycles. The van der Waals surface area contributed by atoms with Crippen molar-refractivity contribution < 1.29 is 19.1 Å². The molecule has 0 N–H and O–H groups in total. The summed E-state index contributed by atoms with van der Waals surface area (Å²) in [5.74, 6) is -0.805. The zero-order valence-corrected chi connectivity index (χ0v) is 21.3. The van der Waals surface area contributed by atoms with Crippen molar-refractivity contribution in [1.29, 1.82) is 0 Å². The molecule has 4 amide bonds. The van der Waals surface area contributed by atoms with E-state index in [2.05, 4.69) is 0 Å². The fraction of sp³-hybridized carbons (Fsp3) is 0.0645. The summed E-state index contributed by atoms with van der Waals surface area (Å²) in [6.07, 6.45) is 2.04. The number of benzene rings is 4. The second kappa shape index (κ2) is 10.7. The SMILES string of the molecule is COc1cc(C=C2C(=O)N(c3ccccc3)C(=O)N(c3ccccc3)C2=O)ccc1Cc1ccccc1Cl. The molecule has 1 aliphatic heterocycles. The third kappa shape index (κ3) is 4.82. The third-order valence-corrected chi connectivity index (χ3v) is 6.61. The summed E-state index contributed by atoms with van der Waals surface area (Å²) in [7, 11) is 1.56. The summed E-state index contributed by atoms with van der Waals surface area (Å²) in [5.41, 5.74) is 3.03. The van der Waals surface area contributed by atoms with Gasteiger partial charge in [0.15, 0.2) is 0 Å². The number of carbonyl (C=O) groups is 3. The number of hydrogen-bond acceptors (Lipinski definition) is 4. The van der Waals surface area contributed by atoms with Gasteiger partial charge in [-0.2, -0.15) is 0 Å². The Morgan fingerprint density at radius 2 is 1.26 bits per heavy atom. The van der Waals surface area contributed by atoms with E-state index in [1.807, 2.05) is 30.3 Å². The van der Waals surface area contributed by atoms with Crippen molar-refractivity contribution in [3.05, 3.63) is 130 Å². The zero-order valence-electron chi connectivity index (χ0n) is 20.5. The highest BCUT2D eigenvalue weighted by atomic mass is 35.5. The van der Waals surface area contributed by atoms with Gasteiger partial charge < -0.3 is 4.74 Å². The largest absolute Gasteiger partial charge is 0.496 e.